The molecule has 1 aromatic heterocycles. The van der Waals surface area contributed by atoms with Crippen molar-refractivity contribution in [3.05, 3.63) is 18.0 Å². The van der Waals surface area contributed by atoms with Crippen LogP contribution in [-0.4, -0.2) is 57.8 Å². The average molecular weight is 266 g/mol. The van der Waals surface area contributed by atoms with E-state index in [9.17, 15) is 9.59 Å². The van der Waals surface area contributed by atoms with Crippen LogP contribution in [0.25, 0.3) is 0 Å². The lowest BCUT2D eigenvalue weighted by atomic mass is 10.1. The van der Waals surface area contributed by atoms with Crippen LogP contribution in [0.4, 0.5) is 0 Å². The van der Waals surface area contributed by atoms with Crippen molar-refractivity contribution in [1.82, 2.24) is 20.0 Å². The molecule has 2 heterocycles. The minimum atomic E-state index is -0.981. The monoisotopic (exact) mass is 266 g/mol. The Morgan fingerprint density at radius 1 is 1.47 bits per heavy atom. The van der Waals surface area contributed by atoms with Crippen LogP contribution in [0.3, 0.4) is 0 Å². The van der Waals surface area contributed by atoms with E-state index in [0.29, 0.717) is 5.56 Å². The number of nitrogens with zero attached hydrogens (tertiary/aromatic N) is 3. The molecule has 7 nitrogen and oxygen atoms in total. The van der Waals surface area contributed by atoms with Gasteiger partial charge < -0.3 is 15.3 Å². The molecule has 2 rings (SSSR count). The minimum Gasteiger partial charge on any atom is -0.480 e. The molecule has 0 saturated carbocycles. The molecule has 2 N–H and O–H groups in total. The predicted molar refractivity (Wildman–Crippen MR) is 67.8 cm³/mol. The quantitative estimate of drug-likeness (QED) is 0.787. The van der Waals surface area contributed by atoms with Crippen LogP contribution in [0.1, 0.15) is 23.2 Å². The molecule has 1 amide bonds. The number of hydrogen-bond donors (Lipinski definition) is 2. The maximum Gasteiger partial charge on any atom is 0.325 e. The van der Waals surface area contributed by atoms with Gasteiger partial charge in [-0.1, -0.05) is 0 Å². The molecule has 1 aliphatic heterocycles. The summed E-state index contributed by atoms with van der Waals surface area (Å²) in [6.07, 6.45) is 4.72. The number of carbonyl (C=O) groups is 2. The van der Waals surface area contributed by atoms with E-state index >= 15 is 0 Å². The maximum atomic E-state index is 12.0. The summed E-state index contributed by atoms with van der Waals surface area (Å²) < 4.78 is 1.24. The zero-order valence-electron chi connectivity index (χ0n) is 10.9. The van der Waals surface area contributed by atoms with E-state index in [2.05, 4.69) is 22.4 Å². The fourth-order valence-electron chi connectivity index (χ4n) is 2.13. The topological polar surface area (TPSA) is 87.5 Å². The molecule has 0 aromatic carbocycles. The zero-order valence-corrected chi connectivity index (χ0v) is 10.9. The standard InChI is InChI=1S/C12H18N4O3/c1-15-4-2-10(3-5-15)14-12(19)9-6-13-16(7-9)8-11(17)18/h6-7,10H,2-5,8H2,1H3,(H,14,19)(H,17,18). The Hall–Kier alpha value is -1.89. The molecule has 0 spiro atoms. The number of carboxylic acid groups (broad SMARTS) is 1. The molecule has 1 saturated heterocycles. The van der Waals surface area contributed by atoms with E-state index in [-0.39, 0.29) is 18.5 Å². The van der Waals surface area contributed by atoms with Gasteiger partial charge >= 0.3 is 5.97 Å². The fraction of sp³-hybridized carbons (Fsp3) is 0.583. The van der Waals surface area contributed by atoms with E-state index in [1.165, 1.54) is 17.1 Å². The van der Waals surface area contributed by atoms with Crippen LogP contribution in [0.5, 0.6) is 0 Å². The van der Waals surface area contributed by atoms with Gasteiger partial charge in [0.1, 0.15) is 6.54 Å². The molecular formula is C12H18N4O3. The number of aromatic nitrogens is 2. The third-order valence-electron chi connectivity index (χ3n) is 3.25. The fourth-order valence-corrected chi connectivity index (χ4v) is 2.13. The molecule has 0 aliphatic carbocycles. The number of amides is 1. The summed E-state index contributed by atoms with van der Waals surface area (Å²) in [4.78, 5) is 24.7. The molecule has 7 heteroatoms. The number of piperidine rings is 1. The van der Waals surface area contributed by atoms with Crippen LogP contribution < -0.4 is 5.32 Å². The van der Waals surface area contributed by atoms with Crippen LogP contribution in [0, 0.1) is 0 Å². The molecule has 1 fully saturated rings. The van der Waals surface area contributed by atoms with Crippen molar-refractivity contribution in [2.75, 3.05) is 20.1 Å². The van der Waals surface area contributed by atoms with Crippen LogP contribution in [0.2, 0.25) is 0 Å². The largest absolute Gasteiger partial charge is 0.480 e. The Labute approximate surface area is 111 Å². The second-order valence-corrected chi connectivity index (χ2v) is 4.87. The van der Waals surface area contributed by atoms with Gasteiger partial charge in [0.25, 0.3) is 5.91 Å². The SMILES string of the molecule is CN1CCC(NC(=O)c2cnn(CC(=O)O)c2)CC1. The number of likely N-dealkylation sites (tertiary alicyclic amines) is 1. The highest BCUT2D eigenvalue weighted by molar-refractivity contribution is 5.93. The summed E-state index contributed by atoms with van der Waals surface area (Å²) >= 11 is 0. The Kier molecular flexibility index (Phi) is 4.16. The highest BCUT2D eigenvalue weighted by Crippen LogP contribution is 2.09. The third kappa shape index (κ3) is 3.78. The molecular weight excluding hydrogens is 248 g/mol. The second-order valence-electron chi connectivity index (χ2n) is 4.87. The normalized spacial score (nSPS) is 17.3. The van der Waals surface area contributed by atoms with E-state index in [1.807, 2.05) is 0 Å². The van der Waals surface area contributed by atoms with Crippen molar-refractivity contribution in [2.24, 2.45) is 0 Å². The van der Waals surface area contributed by atoms with E-state index in [0.717, 1.165) is 25.9 Å². The first-order valence-corrected chi connectivity index (χ1v) is 6.28. The number of nitrogens with one attached hydrogen (secondary N) is 1. The van der Waals surface area contributed by atoms with E-state index in [1.54, 1.807) is 0 Å². The maximum absolute atomic E-state index is 12.0. The Morgan fingerprint density at radius 3 is 2.79 bits per heavy atom. The van der Waals surface area contributed by atoms with Crippen molar-refractivity contribution >= 4 is 11.9 Å². The minimum absolute atomic E-state index is 0.187. The summed E-state index contributed by atoms with van der Waals surface area (Å²) in [6, 6.07) is 0.187. The van der Waals surface area contributed by atoms with Gasteiger partial charge in [-0.25, -0.2) is 0 Å². The smallest absolute Gasteiger partial charge is 0.325 e. The van der Waals surface area contributed by atoms with Gasteiger partial charge in [0.05, 0.1) is 11.8 Å². The number of carbonyl (C=O) groups excluding carboxylic acids is 1. The summed E-state index contributed by atoms with van der Waals surface area (Å²) in [5, 5.41) is 15.4. The molecule has 104 valence electrons. The van der Waals surface area contributed by atoms with Crippen molar-refractivity contribution < 1.29 is 14.7 Å². The molecule has 1 aliphatic rings. The van der Waals surface area contributed by atoms with E-state index in [4.69, 9.17) is 5.11 Å². The van der Waals surface area contributed by atoms with Gasteiger partial charge in [0, 0.05) is 12.2 Å². The molecule has 0 bridgehead atoms. The second kappa shape index (κ2) is 5.83. The first kappa shape index (κ1) is 13.5. The van der Waals surface area contributed by atoms with Gasteiger partial charge in [0.2, 0.25) is 0 Å². The molecule has 0 atom stereocenters. The Balaban J connectivity index is 1.89. The van der Waals surface area contributed by atoms with Crippen molar-refractivity contribution in [1.29, 1.82) is 0 Å². The van der Waals surface area contributed by atoms with Gasteiger partial charge in [-0.15, -0.1) is 0 Å². The highest BCUT2D eigenvalue weighted by atomic mass is 16.4. The lowest BCUT2D eigenvalue weighted by Gasteiger charge is -2.29. The molecule has 1 aromatic rings. The molecule has 0 radical (unpaired) electrons. The van der Waals surface area contributed by atoms with Crippen molar-refractivity contribution in [3.8, 4) is 0 Å². The van der Waals surface area contributed by atoms with Crippen LogP contribution in [0.15, 0.2) is 12.4 Å². The lowest BCUT2D eigenvalue weighted by molar-refractivity contribution is -0.137. The first-order valence-electron chi connectivity index (χ1n) is 6.28. The first-order chi connectivity index (χ1) is 9.04. The van der Waals surface area contributed by atoms with Crippen LogP contribution >= 0.6 is 0 Å². The zero-order chi connectivity index (χ0) is 13.8. The van der Waals surface area contributed by atoms with Gasteiger partial charge in [-0.2, -0.15) is 5.10 Å². The Morgan fingerprint density at radius 2 is 2.16 bits per heavy atom. The molecule has 19 heavy (non-hydrogen) atoms. The van der Waals surface area contributed by atoms with Crippen molar-refractivity contribution in [2.45, 2.75) is 25.4 Å². The van der Waals surface area contributed by atoms with Gasteiger partial charge in [0.15, 0.2) is 0 Å². The number of aliphatic carboxylic acids is 1. The van der Waals surface area contributed by atoms with E-state index < -0.39 is 5.97 Å². The average Bonchev–Trinajstić information content (AvgIpc) is 2.80. The number of hydrogen-bond acceptors (Lipinski definition) is 4. The summed E-state index contributed by atoms with van der Waals surface area (Å²) in [6.45, 7) is 1.72. The summed E-state index contributed by atoms with van der Waals surface area (Å²) in [5.41, 5.74) is 0.403. The van der Waals surface area contributed by atoms with Crippen LogP contribution in [-0.2, 0) is 11.3 Å². The summed E-state index contributed by atoms with van der Waals surface area (Å²) in [5.74, 6) is -1.17. The van der Waals surface area contributed by atoms with Crippen molar-refractivity contribution in [3.63, 3.8) is 0 Å². The summed E-state index contributed by atoms with van der Waals surface area (Å²) in [7, 11) is 2.06. The highest BCUT2D eigenvalue weighted by Gasteiger charge is 2.19. The lowest BCUT2D eigenvalue weighted by Crippen LogP contribution is -2.43. The van der Waals surface area contributed by atoms with Gasteiger partial charge in [-0.05, 0) is 33.0 Å². The molecule has 0 unspecified atom stereocenters. The number of carboxylic acids is 1. The number of rotatable bonds is 4. The third-order valence-corrected chi connectivity index (χ3v) is 3.25. The Bertz CT molecular complexity index is 463. The van der Waals surface area contributed by atoms with Gasteiger partial charge in [-0.3, -0.25) is 14.3 Å². The predicted octanol–water partition coefficient (Wildman–Crippen LogP) is -0.208.